The zero-order valence-corrected chi connectivity index (χ0v) is 16.8. The molecule has 4 nitrogen and oxygen atoms in total. The zero-order chi connectivity index (χ0) is 20.7. The van der Waals surface area contributed by atoms with Crippen LogP contribution in [0.2, 0.25) is 0 Å². The molecule has 0 saturated carbocycles. The largest absolute Gasteiger partial charge is 0.747 e. The molecule has 0 saturated heterocycles. The molecular weight excluding hydrogens is 413 g/mol. The van der Waals surface area contributed by atoms with Crippen molar-refractivity contribution in [1.82, 2.24) is 0 Å². The Morgan fingerprint density at radius 3 is 2.64 bits per heavy atom. The van der Waals surface area contributed by atoms with Crippen LogP contribution < -0.4 is 5.43 Å². The first-order valence-electron chi connectivity index (χ1n) is 9.09. The highest BCUT2D eigenvalue weighted by atomic mass is 32.2. The smallest absolute Gasteiger partial charge is 0.389 e. The summed E-state index contributed by atoms with van der Waals surface area (Å²) in [4.78, 5) is 13.7. The van der Waals surface area contributed by atoms with Gasteiger partial charge < -0.3 is 4.55 Å². The third-order valence-corrected chi connectivity index (χ3v) is 7.78. The van der Waals surface area contributed by atoms with Gasteiger partial charge in [-0.2, -0.15) is 13.2 Å². The summed E-state index contributed by atoms with van der Waals surface area (Å²) in [6, 6.07) is 4.12. The Kier molecular flexibility index (Phi) is 5.89. The van der Waals surface area contributed by atoms with Crippen molar-refractivity contribution in [3.05, 3.63) is 44.4 Å². The van der Waals surface area contributed by atoms with E-state index in [-0.39, 0.29) is 11.0 Å². The van der Waals surface area contributed by atoms with Gasteiger partial charge in [0, 0.05) is 26.9 Å². The Morgan fingerprint density at radius 2 is 2.04 bits per heavy atom. The minimum atomic E-state index is -4.97. The molecule has 0 amide bonds. The average Bonchev–Trinajstić information content (AvgIpc) is 2.59. The molecule has 0 fully saturated rings. The van der Waals surface area contributed by atoms with E-state index in [0.717, 1.165) is 29.7 Å². The maximum atomic E-state index is 12.8. The molecule has 1 heterocycles. The Balaban J connectivity index is 2.06. The molecule has 0 bridgehead atoms. The fourth-order valence-electron chi connectivity index (χ4n) is 3.75. The number of fused-ring (bicyclic) bond motifs is 2. The quantitative estimate of drug-likeness (QED) is 0.641. The normalized spacial score (nSPS) is 18.8. The highest BCUT2D eigenvalue weighted by Crippen LogP contribution is 2.36. The van der Waals surface area contributed by atoms with Crippen LogP contribution >= 0.6 is 11.3 Å². The molecule has 1 aromatic carbocycles. The van der Waals surface area contributed by atoms with E-state index in [1.54, 1.807) is 0 Å². The van der Waals surface area contributed by atoms with Crippen LogP contribution in [0.15, 0.2) is 23.0 Å². The molecule has 28 heavy (non-hydrogen) atoms. The first-order chi connectivity index (χ1) is 13.0. The summed E-state index contributed by atoms with van der Waals surface area (Å²) in [5.41, 5.74) is 0.673. The summed E-state index contributed by atoms with van der Waals surface area (Å²) in [5.74, 6) is 0.477. The first-order valence-corrected chi connectivity index (χ1v) is 11.4. The van der Waals surface area contributed by atoms with Crippen molar-refractivity contribution in [2.24, 2.45) is 5.92 Å². The summed E-state index contributed by atoms with van der Waals surface area (Å²) in [6.07, 6.45) is -3.35. The topological polar surface area (TPSA) is 74.3 Å². The third kappa shape index (κ3) is 4.58. The molecule has 2 unspecified atom stereocenters. The van der Waals surface area contributed by atoms with Crippen molar-refractivity contribution in [2.45, 2.75) is 56.9 Å². The van der Waals surface area contributed by atoms with Crippen LogP contribution in [-0.2, 0) is 23.0 Å². The van der Waals surface area contributed by atoms with Gasteiger partial charge in [0.25, 0.3) is 0 Å². The van der Waals surface area contributed by atoms with Gasteiger partial charge in [-0.05, 0) is 49.3 Å². The van der Waals surface area contributed by atoms with Gasteiger partial charge in [-0.1, -0.05) is 19.4 Å². The van der Waals surface area contributed by atoms with Crippen LogP contribution in [0.25, 0.3) is 10.1 Å². The fraction of sp³-hybridized carbons (Fsp3) is 0.526. The second-order valence-corrected chi connectivity index (χ2v) is 9.93. The Hall–Kier alpha value is -1.45. The molecule has 0 spiro atoms. The van der Waals surface area contributed by atoms with E-state index >= 15 is 0 Å². The van der Waals surface area contributed by atoms with Gasteiger partial charge in [-0.3, -0.25) is 4.79 Å². The van der Waals surface area contributed by atoms with Crippen LogP contribution in [0, 0.1) is 5.92 Å². The number of rotatable bonds is 5. The van der Waals surface area contributed by atoms with Crippen LogP contribution in [0.5, 0.6) is 0 Å². The second kappa shape index (κ2) is 7.76. The molecule has 0 N–H and O–H groups in total. The molecule has 1 aliphatic carbocycles. The zero-order valence-electron chi connectivity index (χ0n) is 15.2. The number of halogens is 3. The summed E-state index contributed by atoms with van der Waals surface area (Å²) in [7, 11) is -4.97. The van der Waals surface area contributed by atoms with E-state index in [0.29, 0.717) is 22.4 Å². The van der Waals surface area contributed by atoms with Crippen LogP contribution in [0.3, 0.4) is 0 Å². The van der Waals surface area contributed by atoms with Gasteiger partial charge in [0.05, 0.1) is 5.25 Å². The van der Waals surface area contributed by atoms with Crippen molar-refractivity contribution in [1.29, 1.82) is 0 Å². The number of benzene rings is 1. The molecule has 1 aromatic heterocycles. The fourth-order valence-corrected chi connectivity index (χ4v) is 6.00. The maximum Gasteiger partial charge on any atom is 0.389 e. The molecule has 9 heteroatoms. The minimum absolute atomic E-state index is 0.00482. The van der Waals surface area contributed by atoms with Crippen molar-refractivity contribution < 1.29 is 26.1 Å². The summed E-state index contributed by atoms with van der Waals surface area (Å²) >= 11 is 1.37. The SMILES string of the molecule is CCC1CCc2c(sc3cc(C(CCC(F)(F)F)S(=O)(=O)[O-])ccc3c2=O)C1. The summed E-state index contributed by atoms with van der Waals surface area (Å²) in [5, 5.41) is -1.37. The minimum Gasteiger partial charge on any atom is -0.747 e. The lowest BCUT2D eigenvalue weighted by molar-refractivity contribution is -0.135. The predicted octanol–water partition coefficient (Wildman–Crippen LogP) is 4.71. The van der Waals surface area contributed by atoms with E-state index in [1.807, 2.05) is 0 Å². The predicted molar refractivity (Wildman–Crippen MR) is 102 cm³/mol. The molecular formula is C19H20F3O4S2-. The van der Waals surface area contributed by atoms with E-state index in [1.165, 1.54) is 29.5 Å². The lowest BCUT2D eigenvalue weighted by atomic mass is 9.86. The van der Waals surface area contributed by atoms with Crippen molar-refractivity contribution in [3.63, 3.8) is 0 Å². The summed E-state index contributed by atoms with van der Waals surface area (Å²) in [6.45, 7) is 2.09. The molecule has 0 radical (unpaired) electrons. The van der Waals surface area contributed by atoms with E-state index < -0.39 is 34.4 Å². The molecule has 3 rings (SSSR count). The standard InChI is InChI=1S/C19H21F3O4S2/c1-2-11-3-5-13-15(9-11)27-16-10-12(4-6-14(16)18(13)23)17(28(24,25)26)7-8-19(20,21)22/h4,6,10-11,17H,2-3,5,7-9H2,1H3,(H,24,25,26)/p-1. The molecule has 1 aliphatic rings. The molecule has 2 atom stereocenters. The van der Waals surface area contributed by atoms with Gasteiger partial charge in [-0.15, -0.1) is 11.3 Å². The van der Waals surface area contributed by atoms with Gasteiger partial charge in [0.2, 0.25) is 0 Å². The Morgan fingerprint density at radius 1 is 1.32 bits per heavy atom. The van der Waals surface area contributed by atoms with Gasteiger partial charge in [0.1, 0.15) is 10.1 Å². The molecule has 0 aliphatic heterocycles. The first kappa shape index (κ1) is 21.3. The molecule has 154 valence electrons. The Labute approximate surface area is 165 Å². The molecule has 2 aromatic rings. The van der Waals surface area contributed by atoms with Crippen LogP contribution in [0.1, 0.15) is 53.9 Å². The third-order valence-electron chi connectivity index (χ3n) is 5.36. The number of hydrogen-bond donors (Lipinski definition) is 0. The second-order valence-electron chi connectivity index (χ2n) is 7.24. The average molecular weight is 433 g/mol. The van der Waals surface area contributed by atoms with E-state index in [9.17, 15) is 30.9 Å². The summed E-state index contributed by atoms with van der Waals surface area (Å²) < 4.78 is 72.9. The lowest BCUT2D eigenvalue weighted by Crippen LogP contribution is -2.20. The lowest BCUT2D eigenvalue weighted by Gasteiger charge is -2.24. The highest BCUT2D eigenvalue weighted by Gasteiger charge is 2.31. The van der Waals surface area contributed by atoms with E-state index in [2.05, 4.69) is 6.92 Å². The number of alkyl halides is 3. The van der Waals surface area contributed by atoms with Crippen molar-refractivity contribution >= 4 is 31.5 Å². The van der Waals surface area contributed by atoms with Crippen LogP contribution in [-0.4, -0.2) is 19.1 Å². The van der Waals surface area contributed by atoms with E-state index in [4.69, 9.17) is 0 Å². The maximum absolute atomic E-state index is 12.8. The van der Waals surface area contributed by atoms with Crippen molar-refractivity contribution in [3.8, 4) is 0 Å². The highest BCUT2D eigenvalue weighted by molar-refractivity contribution is 7.86. The van der Waals surface area contributed by atoms with Gasteiger partial charge >= 0.3 is 6.18 Å². The Bertz CT molecular complexity index is 1040. The number of hydrogen-bond acceptors (Lipinski definition) is 5. The van der Waals surface area contributed by atoms with Crippen molar-refractivity contribution in [2.75, 3.05) is 0 Å². The van der Waals surface area contributed by atoms with Gasteiger partial charge in [-0.25, -0.2) is 8.42 Å². The monoisotopic (exact) mass is 433 g/mol. The van der Waals surface area contributed by atoms with Gasteiger partial charge in [0.15, 0.2) is 5.43 Å². The van der Waals surface area contributed by atoms with Crippen LogP contribution in [0.4, 0.5) is 13.2 Å².